The second-order valence-corrected chi connectivity index (χ2v) is 7.33. The van der Waals surface area contributed by atoms with E-state index in [0.29, 0.717) is 0 Å². The van der Waals surface area contributed by atoms with Crippen LogP contribution in [0.2, 0.25) is 0 Å². The van der Waals surface area contributed by atoms with Crippen molar-refractivity contribution in [3.8, 4) is 33.9 Å². The largest absolute Gasteiger partial charge is 0.354 e. The maximum atomic E-state index is 4.92. The molecule has 5 nitrogen and oxygen atoms in total. The van der Waals surface area contributed by atoms with E-state index in [0.717, 1.165) is 65.9 Å². The lowest BCUT2D eigenvalue weighted by Crippen LogP contribution is -2.43. The number of nitrogens with one attached hydrogen (secondary N) is 1. The molecule has 0 aliphatic carbocycles. The van der Waals surface area contributed by atoms with Gasteiger partial charge in [-0.3, -0.25) is 0 Å². The number of hydrogen-bond acceptors (Lipinski definition) is 5. The number of rotatable bonds is 4. The first-order valence-corrected chi connectivity index (χ1v) is 10.3. The van der Waals surface area contributed by atoms with Crippen LogP contribution in [0.4, 0.5) is 5.82 Å². The van der Waals surface area contributed by atoms with Gasteiger partial charge in [-0.2, -0.15) is 0 Å². The maximum Gasteiger partial charge on any atom is 0.160 e. The van der Waals surface area contributed by atoms with Crippen LogP contribution in [0.25, 0.3) is 33.9 Å². The van der Waals surface area contributed by atoms with Gasteiger partial charge in [0.2, 0.25) is 0 Å². The molecule has 0 amide bonds. The van der Waals surface area contributed by atoms with Crippen molar-refractivity contribution in [1.29, 1.82) is 0 Å². The lowest BCUT2D eigenvalue weighted by Gasteiger charge is -2.28. The molecule has 0 unspecified atom stereocenters. The van der Waals surface area contributed by atoms with Gasteiger partial charge in [0, 0.05) is 49.1 Å². The standard InChI is InChI=1S/C25H23N5/c1-3-7-19(8-4-1)22-18-23(29-25(28-22)20-9-5-2-6-10-20)21-11-12-27-24(17-21)30-15-13-26-14-16-30/h1-12,17-18,26H,13-16H2. The van der Waals surface area contributed by atoms with Gasteiger partial charge in [-0.1, -0.05) is 60.7 Å². The molecule has 0 atom stereocenters. The zero-order chi connectivity index (χ0) is 20.2. The first kappa shape index (κ1) is 18.5. The quantitative estimate of drug-likeness (QED) is 0.561. The summed E-state index contributed by atoms with van der Waals surface area (Å²) in [4.78, 5) is 16.7. The Bertz CT molecular complexity index is 1060. The summed E-state index contributed by atoms with van der Waals surface area (Å²) in [5, 5.41) is 3.39. The van der Waals surface area contributed by atoms with Gasteiger partial charge in [0.1, 0.15) is 5.82 Å². The van der Waals surface area contributed by atoms with Gasteiger partial charge in [-0.15, -0.1) is 0 Å². The first-order valence-electron chi connectivity index (χ1n) is 10.3. The Morgan fingerprint density at radius 3 is 2.00 bits per heavy atom. The third-order valence-corrected chi connectivity index (χ3v) is 5.31. The molecule has 2 aromatic heterocycles. The minimum atomic E-state index is 0.729. The van der Waals surface area contributed by atoms with Gasteiger partial charge in [-0.25, -0.2) is 15.0 Å². The maximum absolute atomic E-state index is 4.92. The summed E-state index contributed by atoms with van der Waals surface area (Å²) in [6.45, 7) is 3.89. The smallest absolute Gasteiger partial charge is 0.160 e. The molecule has 0 saturated carbocycles. The number of piperazine rings is 1. The zero-order valence-electron chi connectivity index (χ0n) is 16.7. The third kappa shape index (κ3) is 3.93. The van der Waals surface area contributed by atoms with E-state index in [1.165, 1.54) is 0 Å². The molecule has 0 bridgehead atoms. The zero-order valence-corrected chi connectivity index (χ0v) is 16.7. The summed E-state index contributed by atoms with van der Waals surface area (Å²) < 4.78 is 0. The van der Waals surface area contributed by atoms with E-state index in [1.807, 2.05) is 60.8 Å². The Morgan fingerprint density at radius 1 is 0.667 bits per heavy atom. The Morgan fingerprint density at radius 2 is 1.30 bits per heavy atom. The normalized spacial score (nSPS) is 13.9. The van der Waals surface area contributed by atoms with Crippen LogP contribution < -0.4 is 10.2 Å². The number of anilines is 1. The van der Waals surface area contributed by atoms with E-state index < -0.39 is 0 Å². The molecule has 0 radical (unpaired) electrons. The third-order valence-electron chi connectivity index (χ3n) is 5.31. The molecule has 4 aromatic rings. The molecule has 1 saturated heterocycles. The topological polar surface area (TPSA) is 53.9 Å². The summed E-state index contributed by atoms with van der Waals surface area (Å²) in [5.74, 6) is 1.72. The SMILES string of the molecule is c1ccc(-c2cc(-c3ccnc(N4CCNCC4)c3)nc(-c3ccccc3)n2)cc1. The van der Waals surface area contributed by atoms with E-state index in [4.69, 9.17) is 9.97 Å². The minimum Gasteiger partial charge on any atom is -0.354 e. The molecular formula is C25H23N5. The average Bonchev–Trinajstić information content (AvgIpc) is 2.85. The van der Waals surface area contributed by atoms with Crippen LogP contribution in [0.3, 0.4) is 0 Å². The van der Waals surface area contributed by atoms with Crippen LogP contribution in [0.15, 0.2) is 85.1 Å². The molecule has 1 fully saturated rings. The summed E-state index contributed by atoms with van der Waals surface area (Å²) in [6, 6.07) is 26.6. The van der Waals surface area contributed by atoms with Crippen molar-refractivity contribution in [2.75, 3.05) is 31.1 Å². The van der Waals surface area contributed by atoms with Gasteiger partial charge in [-0.05, 0) is 18.2 Å². The fourth-order valence-corrected chi connectivity index (χ4v) is 3.71. The minimum absolute atomic E-state index is 0.729. The van der Waals surface area contributed by atoms with E-state index in [2.05, 4.69) is 39.5 Å². The Balaban J connectivity index is 1.61. The van der Waals surface area contributed by atoms with Crippen molar-refractivity contribution < 1.29 is 0 Å². The molecule has 30 heavy (non-hydrogen) atoms. The Kier molecular flexibility index (Phi) is 5.19. The molecule has 148 valence electrons. The second kappa shape index (κ2) is 8.43. The number of benzene rings is 2. The van der Waals surface area contributed by atoms with E-state index in [9.17, 15) is 0 Å². The number of aromatic nitrogens is 3. The van der Waals surface area contributed by atoms with Gasteiger partial charge in [0.15, 0.2) is 5.82 Å². The fourth-order valence-electron chi connectivity index (χ4n) is 3.71. The highest BCUT2D eigenvalue weighted by Crippen LogP contribution is 2.28. The Labute approximate surface area is 176 Å². The highest BCUT2D eigenvalue weighted by molar-refractivity contribution is 5.72. The molecular weight excluding hydrogens is 370 g/mol. The average molecular weight is 393 g/mol. The molecule has 1 aliphatic heterocycles. The number of pyridine rings is 1. The van der Waals surface area contributed by atoms with Gasteiger partial charge in [0.05, 0.1) is 11.4 Å². The van der Waals surface area contributed by atoms with Crippen LogP contribution in [0.1, 0.15) is 0 Å². The lowest BCUT2D eigenvalue weighted by atomic mass is 10.1. The summed E-state index contributed by atoms with van der Waals surface area (Å²) in [6.07, 6.45) is 1.87. The van der Waals surface area contributed by atoms with Crippen molar-refractivity contribution in [2.24, 2.45) is 0 Å². The van der Waals surface area contributed by atoms with E-state index in [-0.39, 0.29) is 0 Å². The van der Waals surface area contributed by atoms with Crippen LogP contribution in [-0.2, 0) is 0 Å². The second-order valence-electron chi connectivity index (χ2n) is 7.33. The van der Waals surface area contributed by atoms with E-state index >= 15 is 0 Å². The molecule has 1 N–H and O–H groups in total. The van der Waals surface area contributed by atoms with Crippen LogP contribution in [0, 0.1) is 0 Å². The molecule has 2 aromatic carbocycles. The van der Waals surface area contributed by atoms with Crippen LogP contribution >= 0.6 is 0 Å². The summed E-state index contributed by atoms with van der Waals surface area (Å²) in [7, 11) is 0. The van der Waals surface area contributed by atoms with Crippen molar-refractivity contribution >= 4 is 5.82 Å². The number of nitrogens with zero attached hydrogens (tertiary/aromatic N) is 4. The first-order chi connectivity index (χ1) is 14.9. The van der Waals surface area contributed by atoms with Crippen molar-refractivity contribution in [3.05, 3.63) is 85.1 Å². The van der Waals surface area contributed by atoms with Crippen LogP contribution in [0.5, 0.6) is 0 Å². The predicted octanol–water partition coefficient (Wildman–Crippen LogP) is 4.28. The fraction of sp³-hybridized carbons (Fsp3) is 0.160. The van der Waals surface area contributed by atoms with Gasteiger partial charge < -0.3 is 10.2 Å². The van der Waals surface area contributed by atoms with Gasteiger partial charge in [0.25, 0.3) is 0 Å². The Hall–Kier alpha value is -3.57. The van der Waals surface area contributed by atoms with Crippen molar-refractivity contribution in [2.45, 2.75) is 0 Å². The lowest BCUT2D eigenvalue weighted by molar-refractivity contribution is 0.585. The molecule has 5 heteroatoms. The number of hydrogen-bond donors (Lipinski definition) is 1. The van der Waals surface area contributed by atoms with Crippen molar-refractivity contribution in [1.82, 2.24) is 20.3 Å². The molecule has 1 aliphatic rings. The predicted molar refractivity (Wildman–Crippen MR) is 121 cm³/mol. The molecule has 5 rings (SSSR count). The highest BCUT2D eigenvalue weighted by atomic mass is 15.2. The van der Waals surface area contributed by atoms with E-state index in [1.54, 1.807) is 0 Å². The molecule has 3 heterocycles. The van der Waals surface area contributed by atoms with Gasteiger partial charge >= 0.3 is 0 Å². The monoisotopic (exact) mass is 393 g/mol. The summed E-state index contributed by atoms with van der Waals surface area (Å²) >= 11 is 0. The molecule has 0 spiro atoms. The van der Waals surface area contributed by atoms with Crippen molar-refractivity contribution in [3.63, 3.8) is 0 Å². The van der Waals surface area contributed by atoms with Crippen LogP contribution in [-0.4, -0.2) is 41.1 Å². The summed E-state index contributed by atoms with van der Waals surface area (Å²) in [5.41, 5.74) is 4.96. The highest BCUT2D eigenvalue weighted by Gasteiger charge is 2.14.